The minimum absolute atomic E-state index is 0.00957. The van der Waals surface area contributed by atoms with Gasteiger partial charge in [-0.1, -0.05) is 23.7 Å². The van der Waals surface area contributed by atoms with Crippen LogP contribution in [0.1, 0.15) is 34.8 Å². The van der Waals surface area contributed by atoms with Crippen molar-refractivity contribution >= 4 is 38.4 Å². The van der Waals surface area contributed by atoms with Crippen LogP contribution in [-0.2, 0) is 16.3 Å². The zero-order chi connectivity index (χ0) is 31.1. The molecule has 0 N–H and O–H groups in total. The molecular weight excluding hydrogens is 617 g/mol. The average Bonchev–Trinajstić information content (AvgIpc) is 3.50. The van der Waals surface area contributed by atoms with Crippen molar-refractivity contribution in [2.45, 2.75) is 30.0 Å². The number of carbonyl (C=O) groups excluding carboxylic acids is 1. The number of alkyl halides is 3. The van der Waals surface area contributed by atoms with Crippen molar-refractivity contribution in [2.75, 3.05) is 13.1 Å². The zero-order valence-corrected chi connectivity index (χ0v) is 24.5. The first-order chi connectivity index (χ1) is 21.0. The van der Waals surface area contributed by atoms with E-state index in [4.69, 9.17) is 15.8 Å². The number of imidazole rings is 1. The van der Waals surface area contributed by atoms with Crippen molar-refractivity contribution in [3.8, 4) is 17.0 Å². The number of aromatic nitrogens is 3. The summed E-state index contributed by atoms with van der Waals surface area (Å²) < 4.78 is 73.5. The molecule has 1 saturated heterocycles. The normalized spacial score (nSPS) is 14.6. The van der Waals surface area contributed by atoms with E-state index in [-0.39, 0.29) is 22.3 Å². The highest BCUT2D eigenvalue weighted by molar-refractivity contribution is 7.87. The Morgan fingerprint density at radius 2 is 1.70 bits per heavy atom. The van der Waals surface area contributed by atoms with Gasteiger partial charge in [-0.3, -0.25) is 9.78 Å². The third kappa shape index (κ3) is 5.87. The maximum Gasteiger partial charge on any atom is 0.417 e. The average molecular weight is 641 g/mol. The summed E-state index contributed by atoms with van der Waals surface area (Å²) in [5, 5.41) is 0.732. The number of benzene rings is 3. The first-order valence-electron chi connectivity index (χ1n) is 13.6. The predicted molar refractivity (Wildman–Crippen MR) is 158 cm³/mol. The summed E-state index contributed by atoms with van der Waals surface area (Å²) in [6.45, 7) is 0.694. The highest BCUT2D eigenvalue weighted by Crippen LogP contribution is 2.36. The Balaban J connectivity index is 1.14. The smallest absolute Gasteiger partial charge is 0.379 e. The first-order valence-corrected chi connectivity index (χ1v) is 15.4. The summed E-state index contributed by atoms with van der Waals surface area (Å²) in [6, 6.07) is 16.3. The molecular formula is C31H24ClF3N4O4S. The van der Waals surface area contributed by atoms with Crippen LogP contribution in [0.3, 0.4) is 0 Å². The Labute approximate surface area is 255 Å². The molecule has 0 spiro atoms. The van der Waals surface area contributed by atoms with E-state index < -0.39 is 32.8 Å². The van der Waals surface area contributed by atoms with Crippen molar-refractivity contribution in [1.82, 2.24) is 19.4 Å². The third-order valence-electron chi connectivity index (χ3n) is 7.60. The van der Waals surface area contributed by atoms with Crippen molar-refractivity contribution in [3.05, 3.63) is 108 Å². The maximum absolute atomic E-state index is 13.3. The molecule has 6 rings (SSSR count). The number of amides is 1. The number of fused-ring (bicyclic) bond motifs is 1. The monoisotopic (exact) mass is 640 g/mol. The second kappa shape index (κ2) is 11.6. The number of halogens is 4. The number of hydrogen-bond donors (Lipinski definition) is 0. The van der Waals surface area contributed by atoms with E-state index in [0.29, 0.717) is 36.7 Å². The van der Waals surface area contributed by atoms with Crippen molar-refractivity contribution < 1.29 is 30.6 Å². The lowest BCUT2D eigenvalue weighted by atomic mass is 10.0. The molecule has 0 atom stereocenters. The predicted octanol–water partition coefficient (Wildman–Crippen LogP) is 7.02. The molecule has 1 amide bonds. The Kier molecular flexibility index (Phi) is 7.80. The highest BCUT2D eigenvalue weighted by Gasteiger charge is 2.35. The molecule has 1 aliphatic rings. The lowest BCUT2D eigenvalue weighted by Crippen LogP contribution is -2.39. The molecule has 13 heteroatoms. The first kappa shape index (κ1) is 29.6. The number of rotatable bonds is 6. The van der Waals surface area contributed by atoms with E-state index in [2.05, 4.69) is 9.97 Å². The minimum Gasteiger partial charge on any atom is -0.379 e. The molecule has 0 aliphatic carbocycles. The Morgan fingerprint density at radius 1 is 0.955 bits per heavy atom. The van der Waals surface area contributed by atoms with Gasteiger partial charge in [-0.2, -0.15) is 21.6 Å². The van der Waals surface area contributed by atoms with E-state index in [9.17, 15) is 26.4 Å². The summed E-state index contributed by atoms with van der Waals surface area (Å²) in [5.74, 6) is -0.337. The molecule has 8 nitrogen and oxygen atoms in total. The number of pyridine rings is 1. The van der Waals surface area contributed by atoms with Crippen LogP contribution >= 0.6 is 11.6 Å². The summed E-state index contributed by atoms with van der Waals surface area (Å²) >= 11 is 5.70. The molecule has 44 heavy (non-hydrogen) atoms. The van der Waals surface area contributed by atoms with Crippen LogP contribution in [0, 0.1) is 0 Å². The van der Waals surface area contributed by atoms with Gasteiger partial charge < -0.3 is 13.7 Å². The fourth-order valence-electron chi connectivity index (χ4n) is 5.39. The van der Waals surface area contributed by atoms with Crippen LogP contribution in [0.25, 0.3) is 22.0 Å². The second-order valence-electron chi connectivity index (χ2n) is 10.3. The van der Waals surface area contributed by atoms with Gasteiger partial charge in [0, 0.05) is 53.4 Å². The summed E-state index contributed by atoms with van der Waals surface area (Å²) in [4.78, 5) is 22.9. The van der Waals surface area contributed by atoms with Gasteiger partial charge in [0.15, 0.2) is 0 Å². The van der Waals surface area contributed by atoms with Crippen molar-refractivity contribution in [1.29, 1.82) is 0 Å². The molecule has 1 fully saturated rings. The molecule has 0 bridgehead atoms. The van der Waals surface area contributed by atoms with Crippen LogP contribution in [0.4, 0.5) is 13.2 Å². The van der Waals surface area contributed by atoms with Crippen LogP contribution in [-0.4, -0.2) is 46.8 Å². The number of piperidine rings is 1. The number of likely N-dealkylation sites (tertiary alicyclic amines) is 1. The molecule has 226 valence electrons. The van der Waals surface area contributed by atoms with Gasteiger partial charge in [0.25, 0.3) is 5.91 Å². The molecule has 1 aliphatic heterocycles. The Bertz CT molecular complexity index is 1950. The zero-order valence-electron chi connectivity index (χ0n) is 22.9. The molecule has 2 aromatic heterocycles. The van der Waals surface area contributed by atoms with E-state index in [1.807, 2.05) is 4.57 Å². The largest absolute Gasteiger partial charge is 0.417 e. The lowest BCUT2D eigenvalue weighted by Gasteiger charge is -2.33. The maximum atomic E-state index is 13.3. The summed E-state index contributed by atoms with van der Waals surface area (Å²) in [6.07, 6.45) is 2.96. The third-order valence-corrected chi connectivity index (χ3v) is 9.23. The molecule has 0 saturated carbocycles. The Hall–Kier alpha value is -4.42. The van der Waals surface area contributed by atoms with Gasteiger partial charge in [-0.05, 0) is 67.4 Å². The number of hydrogen-bond acceptors (Lipinski definition) is 6. The topological polar surface area (TPSA) is 94.4 Å². The molecule has 3 heterocycles. The molecule has 0 radical (unpaired) electrons. The van der Waals surface area contributed by atoms with E-state index in [1.54, 1.807) is 61.2 Å². The van der Waals surface area contributed by atoms with Gasteiger partial charge in [0.2, 0.25) is 0 Å². The van der Waals surface area contributed by atoms with Gasteiger partial charge >= 0.3 is 16.3 Å². The van der Waals surface area contributed by atoms with Gasteiger partial charge in [0.1, 0.15) is 10.6 Å². The SMILES string of the molecule is O=C(c1ccc(Cl)c(C(F)(F)F)c1)N1CCC(n2cncc2-c2ccc(OS(=O)(=O)c3cccc4cnccc34)cc2)CC1. The van der Waals surface area contributed by atoms with Gasteiger partial charge in [0.05, 0.1) is 28.8 Å². The standard InChI is InChI=1S/C31H24ClF3N4O4S/c32-27-9-6-21(16-26(27)31(33,34)35)30(40)38-14-11-23(12-15-38)39-19-37-18-28(39)20-4-7-24(8-5-20)43-44(41,42)29-3-1-2-22-17-36-13-10-25(22)29/h1-10,13,16-19,23H,11-12,14-15H2. The number of carbonyl (C=O) groups is 1. The fraction of sp³-hybridized carbons (Fsp3) is 0.194. The van der Waals surface area contributed by atoms with Crippen LogP contribution in [0.2, 0.25) is 5.02 Å². The Morgan fingerprint density at radius 3 is 2.43 bits per heavy atom. The quantitative estimate of drug-likeness (QED) is 0.185. The molecule has 3 aromatic carbocycles. The highest BCUT2D eigenvalue weighted by atomic mass is 35.5. The minimum atomic E-state index is -4.66. The van der Waals surface area contributed by atoms with E-state index in [0.717, 1.165) is 23.4 Å². The fourth-order valence-corrected chi connectivity index (χ4v) is 6.77. The van der Waals surface area contributed by atoms with E-state index >= 15 is 0 Å². The van der Waals surface area contributed by atoms with Crippen LogP contribution in [0.5, 0.6) is 5.75 Å². The molecule has 0 unspecified atom stereocenters. The van der Waals surface area contributed by atoms with Gasteiger partial charge in [-0.15, -0.1) is 0 Å². The van der Waals surface area contributed by atoms with E-state index in [1.165, 1.54) is 23.2 Å². The van der Waals surface area contributed by atoms with Crippen molar-refractivity contribution in [3.63, 3.8) is 0 Å². The lowest BCUT2D eigenvalue weighted by molar-refractivity contribution is -0.137. The van der Waals surface area contributed by atoms with Crippen LogP contribution < -0.4 is 4.18 Å². The van der Waals surface area contributed by atoms with Crippen LogP contribution in [0.15, 0.2) is 96.5 Å². The summed E-state index contributed by atoms with van der Waals surface area (Å²) in [5.41, 5.74) is 0.467. The van der Waals surface area contributed by atoms with Gasteiger partial charge in [-0.25, -0.2) is 4.98 Å². The summed E-state index contributed by atoms with van der Waals surface area (Å²) in [7, 11) is -4.12. The molecule has 5 aromatic rings. The second-order valence-corrected chi connectivity index (χ2v) is 12.2. The number of nitrogens with zero attached hydrogens (tertiary/aromatic N) is 4. The van der Waals surface area contributed by atoms with Crippen molar-refractivity contribution in [2.24, 2.45) is 0 Å².